The van der Waals surface area contributed by atoms with Crippen molar-refractivity contribution in [1.29, 1.82) is 0 Å². The number of urea groups is 1. The largest absolute Gasteiger partial charge is 0.343 e. The van der Waals surface area contributed by atoms with E-state index in [4.69, 9.17) is 4.98 Å². The van der Waals surface area contributed by atoms with Gasteiger partial charge < -0.3 is 15.1 Å². The average Bonchev–Trinajstić information content (AvgIpc) is 3.20. The fourth-order valence-electron chi connectivity index (χ4n) is 3.91. The second kappa shape index (κ2) is 9.06. The number of carbonyl (C=O) groups excluding carboxylic acids is 1. The zero-order valence-electron chi connectivity index (χ0n) is 18.6. The first kappa shape index (κ1) is 21.3. The third kappa shape index (κ3) is 5.05. The summed E-state index contributed by atoms with van der Waals surface area (Å²) >= 11 is 1.44. The number of amides is 2. The third-order valence-corrected chi connectivity index (χ3v) is 6.54. The number of hydrogen-bond donors (Lipinski definition) is 1. The van der Waals surface area contributed by atoms with E-state index in [1.54, 1.807) is 0 Å². The number of nitrogens with zero attached hydrogens (tertiary/aromatic N) is 4. The SMILES string of the molecule is Cc1ccc(Cc2nsc(N3CCN(C(=O)Nc4ccc(C)cc4C)C(C)C3)n2)cc1. The molecule has 0 saturated carbocycles. The second-order valence-corrected chi connectivity index (χ2v) is 9.12. The van der Waals surface area contributed by atoms with Crippen LogP contribution >= 0.6 is 11.5 Å². The first-order valence-electron chi connectivity index (χ1n) is 10.7. The van der Waals surface area contributed by atoms with Gasteiger partial charge in [-0.25, -0.2) is 9.78 Å². The third-order valence-electron chi connectivity index (χ3n) is 5.72. The number of hydrogen-bond acceptors (Lipinski definition) is 5. The molecule has 1 aromatic heterocycles. The molecule has 1 atom stereocenters. The number of anilines is 2. The van der Waals surface area contributed by atoms with Crippen molar-refractivity contribution >= 4 is 28.4 Å². The summed E-state index contributed by atoms with van der Waals surface area (Å²) in [6.45, 7) is 10.4. The molecule has 1 fully saturated rings. The molecule has 0 radical (unpaired) electrons. The Morgan fingerprint density at radius 3 is 2.55 bits per heavy atom. The van der Waals surface area contributed by atoms with E-state index in [9.17, 15) is 4.79 Å². The van der Waals surface area contributed by atoms with Gasteiger partial charge in [0.2, 0.25) is 5.13 Å². The molecule has 2 amide bonds. The minimum Gasteiger partial charge on any atom is -0.343 e. The van der Waals surface area contributed by atoms with Crippen molar-refractivity contribution in [3.63, 3.8) is 0 Å². The van der Waals surface area contributed by atoms with Gasteiger partial charge in [0, 0.05) is 49.3 Å². The smallest absolute Gasteiger partial charge is 0.322 e. The topological polar surface area (TPSA) is 61.4 Å². The Hall–Kier alpha value is -2.93. The maximum absolute atomic E-state index is 12.9. The van der Waals surface area contributed by atoms with Crippen LogP contribution in [-0.4, -0.2) is 46.0 Å². The van der Waals surface area contributed by atoms with Crippen molar-refractivity contribution in [1.82, 2.24) is 14.3 Å². The Balaban J connectivity index is 1.36. The molecule has 1 aliphatic heterocycles. The Morgan fingerprint density at radius 2 is 1.84 bits per heavy atom. The van der Waals surface area contributed by atoms with E-state index in [-0.39, 0.29) is 12.1 Å². The van der Waals surface area contributed by atoms with Crippen LogP contribution in [0.15, 0.2) is 42.5 Å². The van der Waals surface area contributed by atoms with Gasteiger partial charge in [-0.2, -0.15) is 4.37 Å². The van der Waals surface area contributed by atoms with Crippen molar-refractivity contribution in [2.75, 3.05) is 29.9 Å². The van der Waals surface area contributed by atoms with Crippen molar-refractivity contribution < 1.29 is 4.79 Å². The van der Waals surface area contributed by atoms with Gasteiger partial charge in [-0.15, -0.1) is 0 Å². The van der Waals surface area contributed by atoms with E-state index in [2.05, 4.69) is 65.7 Å². The number of rotatable bonds is 4. The van der Waals surface area contributed by atoms with E-state index in [1.807, 2.05) is 24.0 Å². The molecule has 4 rings (SSSR count). The first-order chi connectivity index (χ1) is 14.9. The highest BCUT2D eigenvalue weighted by Gasteiger charge is 2.29. The summed E-state index contributed by atoms with van der Waals surface area (Å²) in [4.78, 5) is 21.8. The Labute approximate surface area is 188 Å². The van der Waals surface area contributed by atoms with Crippen molar-refractivity contribution in [3.05, 3.63) is 70.5 Å². The molecule has 6 nitrogen and oxygen atoms in total. The predicted octanol–water partition coefficient (Wildman–Crippen LogP) is 4.80. The minimum absolute atomic E-state index is 0.0450. The normalized spacial score (nSPS) is 16.5. The van der Waals surface area contributed by atoms with Crippen molar-refractivity contribution in [2.24, 2.45) is 0 Å². The molecule has 162 valence electrons. The van der Waals surface area contributed by atoms with E-state index < -0.39 is 0 Å². The van der Waals surface area contributed by atoms with Gasteiger partial charge >= 0.3 is 6.03 Å². The van der Waals surface area contributed by atoms with Crippen LogP contribution in [0.1, 0.15) is 35.0 Å². The molecule has 1 saturated heterocycles. The number of aromatic nitrogens is 2. The summed E-state index contributed by atoms with van der Waals surface area (Å²) < 4.78 is 4.56. The summed E-state index contributed by atoms with van der Waals surface area (Å²) in [7, 11) is 0. The van der Waals surface area contributed by atoms with Gasteiger partial charge in [-0.3, -0.25) is 0 Å². The molecular formula is C24H29N5OS. The first-order valence-corrected chi connectivity index (χ1v) is 11.4. The summed E-state index contributed by atoms with van der Waals surface area (Å²) in [6.07, 6.45) is 0.741. The van der Waals surface area contributed by atoms with E-state index in [0.29, 0.717) is 6.54 Å². The van der Waals surface area contributed by atoms with Crippen LogP contribution in [0.2, 0.25) is 0 Å². The number of aryl methyl sites for hydroxylation is 3. The molecule has 1 unspecified atom stereocenters. The summed E-state index contributed by atoms with van der Waals surface area (Å²) in [6, 6.07) is 14.6. The molecule has 1 N–H and O–H groups in total. The lowest BCUT2D eigenvalue weighted by molar-refractivity contribution is 0.185. The van der Waals surface area contributed by atoms with Gasteiger partial charge in [0.25, 0.3) is 0 Å². The maximum atomic E-state index is 12.9. The monoisotopic (exact) mass is 435 g/mol. The number of nitrogens with one attached hydrogen (secondary N) is 1. The van der Waals surface area contributed by atoms with Gasteiger partial charge in [0.05, 0.1) is 0 Å². The molecule has 7 heteroatoms. The molecule has 0 bridgehead atoms. The van der Waals surface area contributed by atoms with Crippen LogP contribution in [0.3, 0.4) is 0 Å². The number of benzene rings is 2. The second-order valence-electron chi connectivity index (χ2n) is 8.39. The summed E-state index contributed by atoms with van der Waals surface area (Å²) in [5.41, 5.74) is 5.61. The van der Waals surface area contributed by atoms with E-state index in [0.717, 1.165) is 41.7 Å². The molecule has 2 aromatic carbocycles. The summed E-state index contributed by atoms with van der Waals surface area (Å²) in [5.74, 6) is 0.853. The Bertz CT molecular complexity index is 1060. The van der Waals surface area contributed by atoms with Gasteiger partial charge in [-0.1, -0.05) is 47.5 Å². The standard InChI is InChI=1S/C24H29N5OS/c1-16-5-8-20(9-6-16)14-22-26-24(31-27-22)28-11-12-29(19(4)15-28)23(30)25-21-10-7-17(2)13-18(21)3/h5-10,13,19H,11-12,14-15H2,1-4H3,(H,25,30). The van der Waals surface area contributed by atoms with Crippen LogP contribution in [0.5, 0.6) is 0 Å². The van der Waals surface area contributed by atoms with E-state index >= 15 is 0 Å². The highest BCUT2D eigenvalue weighted by atomic mass is 32.1. The van der Waals surface area contributed by atoms with Crippen LogP contribution in [0, 0.1) is 20.8 Å². The Kier molecular flexibility index (Phi) is 6.23. The van der Waals surface area contributed by atoms with Crippen LogP contribution < -0.4 is 10.2 Å². The van der Waals surface area contributed by atoms with Crippen LogP contribution in [0.25, 0.3) is 0 Å². The fourth-order valence-corrected chi connectivity index (χ4v) is 4.63. The van der Waals surface area contributed by atoms with Crippen molar-refractivity contribution in [2.45, 2.75) is 40.2 Å². The highest BCUT2D eigenvalue weighted by Crippen LogP contribution is 2.24. The zero-order chi connectivity index (χ0) is 22.0. The lowest BCUT2D eigenvalue weighted by atomic mass is 10.1. The number of piperazine rings is 1. The lowest BCUT2D eigenvalue weighted by Gasteiger charge is -2.39. The lowest BCUT2D eigenvalue weighted by Crippen LogP contribution is -2.55. The number of carbonyl (C=O) groups is 1. The van der Waals surface area contributed by atoms with Gasteiger partial charge in [-0.05, 0) is 44.9 Å². The average molecular weight is 436 g/mol. The maximum Gasteiger partial charge on any atom is 0.322 e. The molecule has 31 heavy (non-hydrogen) atoms. The fraction of sp³-hybridized carbons (Fsp3) is 0.375. The van der Waals surface area contributed by atoms with E-state index in [1.165, 1.54) is 28.2 Å². The van der Waals surface area contributed by atoms with Gasteiger partial charge in [0.1, 0.15) is 5.82 Å². The molecule has 0 aliphatic carbocycles. The highest BCUT2D eigenvalue weighted by molar-refractivity contribution is 7.09. The quantitative estimate of drug-likeness (QED) is 0.640. The molecule has 3 aromatic rings. The molecular weight excluding hydrogens is 406 g/mol. The molecule has 2 heterocycles. The molecule has 1 aliphatic rings. The predicted molar refractivity (Wildman–Crippen MR) is 127 cm³/mol. The van der Waals surface area contributed by atoms with Crippen LogP contribution in [0.4, 0.5) is 15.6 Å². The van der Waals surface area contributed by atoms with Gasteiger partial charge in [0.15, 0.2) is 0 Å². The van der Waals surface area contributed by atoms with Crippen molar-refractivity contribution in [3.8, 4) is 0 Å². The zero-order valence-corrected chi connectivity index (χ0v) is 19.4. The summed E-state index contributed by atoms with van der Waals surface area (Å²) in [5, 5.41) is 4.00. The Morgan fingerprint density at radius 1 is 1.10 bits per heavy atom. The van der Waals surface area contributed by atoms with Crippen LogP contribution in [-0.2, 0) is 6.42 Å². The molecule has 0 spiro atoms. The minimum atomic E-state index is -0.0450.